The molecule has 0 bridgehead atoms. The molecular formula is C51H53N2O3+. The fraction of sp³-hybridized carbons (Fsp3) is 0.294. The van der Waals surface area contributed by atoms with Crippen LogP contribution < -0.4 is 0 Å². The lowest BCUT2D eigenvalue weighted by atomic mass is 9.73. The Labute approximate surface area is 331 Å². The number of fused-ring (bicyclic) bond motifs is 2. The summed E-state index contributed by atoms with van der Waals surface area (Å²) in [5, 5.41) is 13.2. The molecule has 0 radical (unpaired) electrons. The van der Waals surface area contributed by atoms with Gasteiger partial charge in [-0.25, -0.2) is 0 Å². The third-order valence-corrected chi connectivity index (χ3v) is 12.3. The smallest absolute Gasteiger partial charge is 0.209 e. The highest BCUT2D eigenvalue weighted by molar-refractivity contribution is 6.42. The Balaban J connectivity index is 1.24. The quantitative estimate of drug-likeness (QED) is 0.0566. The van der Waals surface area contributed by atoms with Crippen LogP contribution in [0, 0.1) is 18.8 Å². The first kappa shape index (κ1) is 37.4. The molecular weight excluding hydrogens is 689 g/mol. The number of unbranched alkanes of at least 4 members (excludes halogenated alkanes) is 1. The number of hydrogen-bond donors (Lipinski definition) is 1. The zero-order chi connectivity index (χ0) is 39.0. The number of hydrogen-bond acceptors (Lipinski definition) is 3. The van der Waals surface area contributed by atoms with Crippen LogP contribution in [0.25, 0.3) is 33.4 Å². The number of allylic oxidation sites excluding steroid dienone is 7. The maximum atomic E-state index is 14.8. The van der Waals surface area contributed by atoms with Crippen LogP contribution >= 0.6 is 0 Å². The van der Waals surface area contributed by atoms with Gasteiger partial charge in [0.2, 0.25) is 11.5 Å². The molecule has 0 saturated carbocycles. The molecule has 56 heavy (non-hydrogen) atoms. The molecule has 5 nitrogen and oxygen atoms in total. The number of aliphatic hydroxyl groups excluding tert-OH is 1. The van der Waals surface area contributed by atoms with E-state index in [4.69, 9.17) is 4.74 Å². The highest BCUT2D eigenvalue weighted by atomic mass is 16.5. The molecule has 2 unspecified atom stereocenters. The van der Waals surface area contributed by atoms with Crippen molar-refractivity contribution in [1.29, 1.82) is 0 Å². The van der Waals surface area contributed by atoms with E-state index in [0.717, 1.165) is 83.3 Å². The minimum absolute atomic E-state index is 0.0560. The van der Waals surface area contributed by atoms with Gasteiger partial charge in [0.05, 0.1) is 33.9 Å². The van der Waals surface area contributed by atoms with E-state index in [-0.39, 0.29) is 23.1 Å². The van der Waals surface area contributed by atoms with Gasteiger partial charge in [0.25, 0.3) is 0 Å². The van der Waals surface area contributed by atoms with E-state index in [2.05, 4.69) is 134 Å². The zero-order valence-corrected chi connectivity index (χ0v) is 33.3. The van der Waals surface area contributed by atoms with E-state index < -0.39 is 0 Å². The number of methoxy groups -OCH3 is 1. The van der Waals surface area contributed by atoms with Gasteiger partial charge in [-0.05, 0) is 69.2 Å². The second-order valence-corrected chi connectivity index (χ2v) is 16.1. The van der Waals surface area contributed by atoms with E-state index in [0.29, 0.717) is 23.0 Å². The number of ether oxygens (including phenoxy) is 1. The van der Waals surface area contributed by atoms with E-state index in [1.54, 1.807) is 7.11 Å². The van der Waals surface area contributed by atoms with Crippen LogP contribution in [0.2, 0.25) is 0 Å². The summed E-state index contributed by atoms with van der Waals surface area (Å²) in [7, 11) is 1.76. The molecule has 0 saturated heterocycles. The Morgan fingerprint density at radius 2 is 1.59 bits per heavy atom. The Hall–Kier alpha value is -5.52. The minimum Gasteiger partial charge on any atom is -0.506 e. The van der Waals surface area contributed by atoms with Gasteiger partial charge in [0.1, 0.15) is 5.76 Å². The summed E-state index contributed by atoms with van der Waals surface area (Å²) in [5.41, 5.74) is 9.67. The molecule has 1 aromatic heterocycles. The van der Waals surface area contributed by atoms with Crippen molar-refractivity contribution in [2.75, 3.05) is 13.7 Å². The SMILES string of the molecule is COC(C)CC[N+]1=C(/C=C2\C(=O)C(c3c(-c4ccc(C)cc4)n(-c4ccccc4)c4ccccc34)=C2O)C(C)(CCCCC2C=CC(C)C=C2)c2ccccc21. The summed E-state index contributed by atoms with van der Waals surface area (Å²) in [5.74, 6) is 0.917. The number of para-hydroxylation sites is 3. The number of Topliss-reactive ketones (excluding diaryl/α,β-unsaturated/α-hetero) is 1. The zero-order valence-electron chi connectivity index (χ0n) is 33.3. The Kier molecular flexibility index (Phi) is 10.4. The number of aryl methyl sites for hydroxylation is 1. The lowest BCUT2D eigenvalue weighted by molar-refractivity contribution is -0.440. The first-order valence-electron chi connectivity index (χ1n) is 20.3. The summed E-state index contributed by atoms with van der Waals surface area (Å²) in [6, 6.07) is 35.6. The molecule has 1 N–H and O–H groups in total. The number of aromatic nitrogens is 1. The highest BCUT2D eigenvalue weighted by Crippen LogP contribution is 2.49. The van der Waals surface area contributed by atoms with Gasteiger partial charge < -0.3 is 14.4 Å². The highest BCUT2D eigenvalue weighted by Gasteiger charge is 2.49. The molecule has 5 aromatic rings. The average molecular weight is 742 g/mol. The molecule has 3 aliphatic rings. The number of nitrogens with zero attached hydrogens (tertiary/aromatic N) is 2. The fourth-order valence-corrected chi connectivity index (χ4v) is 8.97. The average Bonchev–Trinajstić information content (AvgIpc) is 3.67. The number of aliphatic hydroxyl groups is 1. The van der Waals surface area contributed by atoms with Crippen molar-refractivity contribution in [2.24, 2.45) is 11.8 Å². The molecule has 0 amide bonds. The maximum Gasteiger partial charge on any atom is 0.209 e. The monoisotopic (exact) mass is 741 g/mol. The van der Waals surface area contributed by atoms with Crippen LogP contribution in [0.15, 0.2) is 145 Å². The van der Waals surface area contributed by atoms with E-state index in [1.807, 2.05) is 36.4 Å². The van der Waals surface area contributed by atoms with E-state index >= 15 is 0 Å². The normalized spacial score (nSPS) is 21.7. The molecule has 8 rings (SSSR count). The Morgan fingerprint density at radius 3 is 2.32 bits per heavy atom. The molecule has 2 heterocycles. The van der Waals surface area contributed by atoms with Crippen LogP contribution in [0.3, 0.4) is 0 Å². The minimum atomic E-state index is -0.348. The maximum absolute atomic E-state index is 14.8. The molecule has 0 fully saturated rings. The molecule has 5 heteroatoms. The van der Waals surface area contributed by atoms with Crippen LogP contribution in [-0.2, 0) is 14.9 Å². The predicted molar refractivity (Wildman–Crippen MR) is 230 cm³/mol. The standard InChI is InChI=1S/C51H52N2O3/c1-34-22-26-37(27-23-34)15-13-14-31-51(4)42-19-10-12-21-44(42)52(32-30-36(3)56-5)45(51)33-41-49(54)47(50(41)55)46-40-18-9-11-20-43(40)53(39-16-7-6-8-17-39)48(46)38-28-24-35(2)25-29-38/h6-12,16-29,33-34,36-37H,13-15,30-32H2,1-5H3/p+1. The van der Waals surface area contributed by atoms with Crippen molar-refractivity contribution in [3.63, 3.8) is 0 Å². The van der Waals surface area contributed by atoms with Gasteiger partial charge >= 0.3 is 0 Å². The van der Waals surface area contributed by atoms with Crippen molar-refractivity contribution in [3.8, 4) is 16.9 Å². The molecule has 4 aromatic carbocycles. The summed E-state index contributed by atoms with van der Waals surface area (Å²) >= 11 is 0. The van der Waals surface area contributed by atoms with Crippen molar-refractivity contribution in [3.05, 3.63) is 162 Å². The molecule has 0 spiro atoms. The van der Waals surface area contributed by atoms with Gasteiger partial charge in [0, 0.05) is 47.9 Å². The lowest BCUT2D eigenvalue weighted by Gasteiger charge is -2.26. The van der Waals surface area contributed by atoms with E-state index in [1.165, 1.54) is 11.3 Å². The summed E-state index contributed by atoms with van der Waals surface area (Å²) < 4.78 is 10.3. The number of benzene rings is 4. The summed E-state index contributed by atoms with van der Waals surface area (Å²) in [6.45, 7) is 9.47. The first-order valence-corrected chi connectivity index (χ1v) is 20.3. The van der Waals surface area contributed by atoms with Crippen molar-refractivity contribution >= 4 is 33.7 Å². The van der Waals surface area contributed by atoms with Gasteiger partial charge in [-0.2, -0.15) is 4.58 Å². The number of carbonyl (C=O) groups is 1. The number of ketones is 1. The number of carbonyl (C=O) groups excluding carboxylic acids is 1. The summed E-state index contributed by atoms with van der Waals surface area (Å²) in [6.07, 6.45) is 16.5. The fourth-order valence-electron chi connectivity index (χ4n) is 8.97. The third-order valence-electron chi connectivity index (χ3n) is 12.3. The lowest BCUT2D eigenvalue weighted by Crippen LogP contribution is -2.34. The first-order chi connectivity index (χ1) is 27.2. The van der Waals surface area contributed by atoms with Gasteiger partial charge in [-0.1, -0.05) is 128 Å². The Morgan fingerprint density at radius 1 is 0.893 bits per heavy atom. The van der Waals surface area contributed by atoms with Gasteiger partial charge in [0.15, 0.2) is 12.3 Å². The largest absolute Gasteiger partial charge is 0.506 e. The second-order valence-electron chi connectivity index (χ2n) is 16.1. The molecule has 2 aliphatic carbocycles. The van der Waals surface area contributed by atoms with Crippen LogP contribution in [0.1, 0.15) is 69.6 Å². The predicted octanol–water partition coefficient (Wildman–Crippen LogP) is 11.8. The van der Waals surface area contributed by atoms with Gasteiger partial charge in [-0.15, -0.1) is 0 Å². The van der Waals surface area contributed by atoms with Crippen molar-refractivity contribution in [2.45, 2.75) is 71.3 Å². The van der Waals surface area contributed by atoms with Gasteiger partial charge in [-0.3, -0.25) is 4.79 Å². The second kappa shape index (κ2) is 15.5. The number of rotatable bonds is 13. The molecule has 284 valence electrons. The van der Waals surface area contributed by atoms with Crippen molar-refractivity contribution < 1.29 is 19.2 Å². The van der Waals surface area contributed by atoms with Crippen LogP contribution in [0.4, 0.5) is 5.69 Å². The molecule has 1 aliphatic heterocycles. The van der Waals surface area contributed by atoms with E-state index in [9.17, 15) is 9.90 Å². The Bertz CT molecular complexity index is 2430. The topological polar surface area (TPSA) is 54.5 Å². The van der Waals surface area contributed by atoms with Crippen molar-refractivity contribution in [1.82, 2.24) is 4.57 Å². The molecule has 2 atom stereocenters. The summed E-state index contributed by atoms with van der Waals surface area (Å²) in [4.78, 5) is 14.8. The van der Waals surface area contributed by atoms with Crippen LogP contribution in [0.5, 0.6) is 0 Å². The third kappa shape index (κ3) is 6.73. The van der Waals surface area contributed by atoms with Crippen LogP contribution in [-0.4, -0.2) is 45.5 Å².